The molecule has 4 heteroatoms. The molecule has 0 aliphatic rings. The number of carboxylic acids is 1. The molecule has 132 valence electrons. The highest BCUT2D eigenvalue weighted by Crippen LogP contribution is 2.23. The predicted octanol–water partition coefficient (Wildman–Crippen LogP) is 5.36. The van der Waals surface area contributed by atoms with Gasteiger partial charge in [-0.25, -0.2) is 4.79 Å². The summed E-state index contributed by atoms with van der Waals surface area (Å²) in [4.78, 5) is 11.1. The van der Waals surface area contributed by atoms with Crippen molar-refractivity contribution in [1.82, 2.24) is 0 Å². The molecule has 26 heavy (non-hydrogen) atoms. The highest BCUT2D eigenvalue weighted by molar-refractivity contribution is 7.98. The summed E-state index contributed by atoms with van der Waals surface area (Å²) in [6, 6.07) is 25.1. The third kappa shape index (κ3) is 5.14. The summed E-state index contributed by atoms with van der Waals surface area (Å²) in [5.41, 5.74) is 3.48. The summed E-state index contributed by atoms with van der Waals surface area (Å²) in [5, 5.41) is 9.14. The van der Waals surface area contributed by atoms with Crippen molar-refractivity contribution in [2.24, 2.45) is 0 Å². The lowest BCUT2D eigenvalue weighted by atomic mass is 10.0. The van der Waals surface area contributed by atoms with E-state index in [9.17, 15) is 4.79 Å². The predicted molar refractivity (Wildman–Crippen MR) is 107 cm³/mol. The van der Waals surface area contributed by atoms with Crippen molar-refractivity contribution < 1.29 is 14.6 Å². The SMILES string of the molecule is O=C(O)c1cccc(-c2cccc(CSCCOc3ccccc3)c2)c1. The molecule has 0 saturated carbocycles. The summed E-state index contributed by atoms with van der Waals surface area (Å²) in [6.07, 6.45) is 0. The van der Waals surface area contributed by atoms with E-state index in [2.05, 4.69) is 12.1 Å². The Morgan fingerprint density at radius 2 is 1.62 bits per heavy atom. The standard InChI is InChI=1S/C22H20O3S/c23-22(24)20-9-5-8-19(15-20)18-7-4-6-17(14-18)16-26-13-12-25-21-10-2-1-3-11-21/h1-11,14-15H,12-13,16H2,(H,23,24). The van der Waals surface area contributed by atoms with Gasteiger partial charge in [0, 0.05) is 11.5 Å². The second-order valence-corrected chi connectivity index (χ2v) is 6.91. The van der Waals surface area contributed by atoms with Gasteiger partial charge in [-0.3, -0.25) is 0 Å². The lowest BCUT2D eigenvalue weighted by Gasteiger charge is -2.08. The topological polar surface area (TPSA) is 46.5 Å². The third-order valence-corrected chi connectivity index (χ3v) is 4.87. The molecule has 0 unspecified atom stereocenters. The lowest BCUT2D eigenvalue weighted by Crippen LogP contribution is -2.00. The molecule has 0 radical (unpaired) electrons. The van der Waals surface area contributed by atoms with Crippen LogP contribution in [0.2, 0.25) is 0 Å². The van der Waals surface area contributed by atoms with Crippen LogP contribution in [0.15, 0.2) is 78.9 Å². The van der Waals surface area contributed by atoms with Crippen molar-refractivity contribution in [3.05, 3.63) is 90.0 Å². The molecule has 0 bridgehead atoms. The molecule has 0 aliphatic carbocycles. The minimum absolute atomic E-state index is 0.306. The number of carbonyl (C=O) groups is 1. The van der Waals surface area contributed by atoms with Gasteiger partial charge in [-0.05, 0) is 41.0 Å². The number of aromatic carboxylic acids is 1. The number of benzene rings is 3. The molecular weight excluding hydrogens is 344 g/mol. The third-order valence-electron chi connectivity index (χ3n) is 3.88. The molecule has 3 aromatic rings. The maximum Gasteiger partial charge on any atom is 0.335 e. The van der Waals surface area contributed by atoms with E-state index in [4.69, 9.17) is 9.84 Å². The van der Waals surface area contributed by atoms with E-state index < -0.39 is 5.97 Å². The molecule has 0 spiro atoms. The molecular formula is C22H20O3S. The molecule has 0 amide bonds. The van der Waals surface area contributed by atoms with Crippen LogP contribution in [0.5, 0.6) is 5.75 Å². The van der Waals surface area contributed by atoms with E-state index in [1.54, 1.807) is 18.2 Å². The van der Waals surface area contributed by atoms with Gasteiger partial charge in [-0.15, -0.1) is 0 Å². The number of rotatable bonds is 8. The van der Waals surface area contributed by atoms with Crippen LogP contribution in [-0.2, 0) is 5.75 Å². The summed E-state index contributed by atoms with van der Waals surface area (Å²) in [7, 11) is 0. The quantitative estimate of drug-likeness (QED) is 0.546. The number of para-hydroxylation sites is 1. The zero-order valence-corrected chi connectivity index (χ0v) is 15.1. The van der Waals surface area contributed by atoms with Crippen molar-refractivity contribution in [2.75, 3.05) is 12.4 Å². The Morgan fingerprint density at radius 1 is 0.885 bits per heavy atom. The number of hydrogen-bond donors (Lipinski definition) is 1. The molecule has 3 aromatic carbocycles. The van der Waals surface area contributed by atoms with E-state index in [1.807, 2.05) is 60.3 Å². The van der Waals surface area contributed by atoms with Crippen LogP contribution >= 0.6 is 11.8 Å². The number of ether oxygens (including phenoxy) is 1. The monoisotopic (exact) mass is 364 g/mol. The number of carboxylic acid groups (broad SMARTS) is 1. The number of hydrogen-bond acceptors (Lipinski definition) is 3. The van der Waals surface area contributed by atoms with Gasteiger partial charge in [0.05, 0.1) is 12.2 Å². The highest BCUT2D eigenvalue weighted by atomic mass is 32.2. The van der Waals surface area contributed by atoms with Crippen LogP contribution in [0, 0.1) is 0 Å². The van der Waals surface area contributed by atoms with Crippen LogP contribution in [0.25, 0.3) is 11.1 Å². The van der Waals surface area contributed by atoms with Crippen molar-refractivity contribution in [3.63, 3.8) is 0 Å². The molecule has 3 rings (SSSR count). The minimum atomic E-state index is -0.906. The van der Waals surface area contributed by atoms with Gasteiger partial charge in [0.2, 0.25) is 0 Å². The normalized spacial score (nSPS) is 10.5. The summed E-state index contributed by atoms with van der Waals surface area (Å²) >= 11 is 1.82. The largest absolute Gasteiger partial charge is 0.493 e. The lowest BCUT2D eigenvalue weighted by molar-refractivity contribution is 0.0697. The maximum absolute atomic E-state index is 11.1. The van der Waals surface area contributed by atoms with Gasteiger partial charge in [0.25, 0.3) is 0 Å². The van der Waals surface area contributed by atoms with Crippen LogP contribution in [0.1, 0.15) is 15.9 Å². The van der Waals surface area contributed by atoms with Gasteiger partial charge in [-0.1, -0.05) is 54.6 Å². The van der Waals surface area contributed by atoms with Crippen molar-refractivity contribution in [3.8, 4) is 16.9 Å². The van der Waals surface area contributed by atoms with E-state index in [0.29, 0.717) is 12.2 Å². The first-order valence-corrected chi connectivity index (χ1v) is 9.56. The zero-order chi connectivity index (χ0) is 18.2. The zero-order valence-electron chi connectivity index (χ0n) is 14.3. The van der Waals surface area contributed by atoms with Gasteiger partial charge < -0.3 is 9.84 Å². The van der Waals surface area contributed by atoms with Gasteiger partial charge in [-0.2, -0.15) is 11.8 Å². The molecule has 0 fully saturated rings. The average molecular weight is 364 g/mol. The molecule has 0 heterocycles. The fourth-order valence-electron chi connectivity index (χ4n) is 2.60. The Bertz CT molecular complexity index is 862. The maximum atomic E-state index is 11.1. The Morgan fingerprint density at radius 3 is 2.38 bits per heavy atom. The molecule has 0 aromatic heterocycles. The first-order valence-electron chi connectivity index (χ1n) is 8.40. The van der Waals surface area contributed by atoms with E-state index in [-0.39, 0.29) is 0 Å². The first kappa shape index (κ1) is 18.1. The van der Waals surface area contributed by atoms with Gasteiger partial charge >= 0.3 is 5.97 Å². The van der Waals surface area contributed by atoms with Gasteiger partial charge in [0.1, 0.15) is 5.75 Å². The fourth-order valence-corrected chi connectivity index (χ4v) is 3.36. The average Bonchev–Trinajstić information content (AvgIpc) is 2.69. The second kappa shape index (κ2) is 9.11. The second-order valence-electron chi connectivity index (χ2n) is 5.80. The minimum Gasteiger partial charge on any atom is -0.493 e. The molecule has 0 atom stereocenters. The Labute approximate surface area is 157 Å². The van der Waals surface area contributed by atoms with Crippen LogP contribution < -0.4 is 4.74 Å². The number of thioether (sulfide) groups is 1. The molecule has 0 aliphatic heterocycles. The van der Waals surface area contributed by atoms with Crippen LogP contribution in [0.4, 0.5) is 0 Å². The summed E-state index contributed by atoms with van der Waals surface area (Å²) < 4.78 is 5.70. The Hall–Kier alpha value is -2.72. The molecule has 3 nitrogen and oxygen atoms in total. The van der Waals surface area contributed by atoms with Crippen molar-refractivity contribution in [1.29, 1.82) is 0 Å². The summed E-state index contributed by atoms with van der Waals surface area (Å²) in [5.74, 6) is 1.79. The van der Waals surface area contributed by atoms with Crippen molar-refractivity contribution >= 4 is 17.7 Å². The fraction of sp³-hybridized carbons (Fsp3) is 0.136. The smallest absolute Gasteiger partial charge is 0.335 e. The molecule has 0 saturated heterocycles. The van der Waals surface area contributed by atoms with E-state index in [1.165, 1.54) is 5.56 Å². The summed E-state index contributed by atoms with van der Waals surface area (Å²) in [6.45, 7) is 0.676. The first-order chi connectivity index (χ1) is 12.7. The van der Waals surface area contributed by atoms with E-state index >= 15 is 0 Å². The highest BCUT2D eigenvalue weighted by Gasteiger charge is 2.05. The molecule has 1 N–H and O–H groups in total. The van der Waals surface area contributed by atoms with E-state index in [0.717, 1.165) is 28.4 Å². The van der Waals surface area contributed by atoms with Crippen LogP contribution in [0.3, 0.4) is 0 Å². The van der Waals surface area contributed by atoms with Gasteiger partial charge in [0.15, 0.2) is 0 Å². The Balaban J connectivity index is 1.54. The van der Waals surface area contributed by atoms with Crippen LogP contribution in [-0.4, -0.2) is 23.4 Å². The Kier molecular flexibility index (Phi) is 6.34. The van der Waals surface area contributed by atoms with Crippen molar-refractivity contribution in [2.45, 2.75) is 5.75 Å².